The van der Waals surface area contributed by atoms with Crippen molar-refractivity contribution >= 4 is 28.7 Å². The van der Waals surface area contributed by atoms with Crippen molar-refractivity contribution in [3.63, 3.8) is 0 Å². The molecule has 1 aliphatic rings. The molecule has 8 heteroatoms. The number of ketones is 1. The van der Waals surface area contributed by atoms with Crippen LogP contribution in [-0.2, 0) is 9.59 Å². The van der Waals surface area contributed by atoms with Gasteiger partial charge in [-0.25, -0.2) is 9.97 Å². The van der Waals surface area contributed by atoms with Gasteiger partial charge in [0.15, 0.2) is 11.5 Å². The number of hydrogen-bond acceptors (Lipinski definition) is 7. The molecule has 0 saturated carbocycles. The van der Waals surface area contributed by atoms with Crippen molar-refractivity contribution < 1.29 is 19.4 Å². The van der Waals surface area contributed by atoms with E-state index in [1.54, 1.807) is 57.4 Å². The van der Waals surface area contributed by atoms with Crippen LogP contribution >= 0.6 is 11.3 Å². The van der Waals surface area contributed by atoms with Crippen LogP contribution in [-0.4, -0.2) is 33.9 Å². The summed E-state index contributed by atoms with van der Waals surface area (Å²) in [6.07, 6.45) is 3.30. The molecule has 1 aromatic carbocycles. The number of carbonyl (C=O) groups excluding carboxylic acids is 2. The number of carbonyl (C=O) groups is 2. The number of rotatable bonds is 5. The molecule has 1 unspecified atom stereocenters. The third-order valence-corrected chi connectivity index (χ3v) is 6.07. The molecule has 0 bridgehead atoms. The van der Waals surface area contributed by atoms with Gasteiger partial charge in [0.05, 0.1) is 12.7 Å². The molecule has 3 heterocycles. The van der Waals surface area contributed by atoms with Gasteiger partial charge in [-0.3, -0.25) is 14.5 Å². The van der Waals surface area contributed by atoms with Crippen LogP contribution in [0.2, 0.25) is 0 Å². The lowest BCUT2D eigenvalue weighted by molar-refractivity contribution is -0.123. The number of Topliss-reactive ketones (excluding diaryl/α,β-unsaturated/α-hetero) is 1. The monoisotopic (exact) mass is 449 g/mol. The van der Waals surface area contributed by atoms with Gasteiger partial charge in [-0.1, -0.05) is 20.8 Å². The molecule has 4 rings (SSSR count). The van der Waals surface area contributed by atoms with Gasteiger partial charge in [0.2, 0.25) is 5.88 Å². The number of amides is 1. The first-order valence-corrected chi connectivity index (χ1v) is 10.9. The molecule has 1 amide bonds. The van der Waals surface area contributed by atoms with E-state index >= 15 is 0 Å². The molecule has 0 saturated heterocycles. The number of ether oxygens (including phenoxy) is 1. The van der Waals surface area contributed by atoms with Crippen molar-refractivity contribution in [2.45, 2.75) is 26.8 Å². The molecule has 1 atom stereocenters. The number of pyridine rings is 1. The Hall–Kier alpha value is -3.52. The number of thiazole rings is 1. The van der Waals surface area contributed by atoms with E-state index in [0.29, 0.717) is 11.3 Å². The first-order valence-electron chi connectivity index (χ1n) is 10.0. The number of benzene rings is 1. The molecule has 7 nitrogen and oxygen atoms in total. The molecule has 0 spiro atoms. The summed E-state index contributed by atoms with van der Waals surface area (Å²) in [5.74, 6) is -1.23. The zero-order valence-corrected chi connectivity index (χ0v) is 19.0. The van der Waals surface area contributed by atoms with Gasteiger partial charge in [-0.15, -0.1) is 11.3 Å². The fraction of sp³-hybridized carbons (Fsp3) is 0.250. The minimum Gasteiger partial charge on any atom is -0.503 e. The predicted octanol–water partition coefficient (Wildman–Crippen LogP) is 4.73. The lowest BCUT2D eigenvalue weighted by Gasteiger charge is -2.29. The quantitative estimate of drug-likeness (QED) is 0.605. The first kappa shape index (κ1) is 21.7. The first-order chi connectivity index (χ1) is 15.2. The molecule has 32 heavy (non-hydrogen) atoms. The van der Waals surface area contributed by atoms with Gasteiger partial charge in [0, 0.05) is 40.0 Å². The van der Waals surface area contributed by atoms with E-state index in [1.807, 2.05) is 17.5 Å². The molecule has 1 N–H and O–H groups in total. The summed E-state index contributed by atoms with van der Waals surface area (Å²) in [6.45, 7) is 5.26. The largest absolute Gasteiger partial charge is 0.503 e. The van der Waals surface area contributed by atoms with E-state index < -0.39 is 23.1 Å². The van der Waals surface area contributed by atoms with Gasteiger partial charge in [-0.05, 0) is 36.4 Å². The van der Waals surface area contributed by atoms with Crippen LogP contribution in [0.15, 0.2) is 65.5 Å². The summed E-state index contributed by atoms with van der Waals surface area (Å²) in [4.78, 5) is 36.5. The zero-order valence-electron chi connectivity index (χ0n) is 18.2. The van der Waals surface area contributed by atoms with E-state index in [0.717, 1.165) is 10.6 Å². The fourth-order valence-electron chi connectivity index (χ4n) is 3.71. The van der Waals surface area contributed by atoms with Crippen LogP contribution in [0.4, 0.5) is 5.69 Å². The van der Waals surface area contributed by atoms with Gasteiger partial charge in [0.1, 0.15) is 11.0 Å². The summed E-state index contributed by atoms with van der Waals surface area (Å²) < 4.78 is 5.42. The Morgan fingerprint density at radius 3 is 2.44 bits per heavy atom. The van der Waals surface area contributed by atoms with Crippen molar-refractivity contribution in [2.24, 2.45) is 5.41 Å². The normalized spacial score (nSPS) is 16.6. The smallest absolute Gasteiger partial charge is 0.294 e. The topological polar surface area (TPSA) is 92.6 Å². The predicted molar refractivity (Wildman–Crippen MR) is 123 cm³/mol. The number of aromatic nitrogens is 2. The standard InChI is InChI=1S/C24H23N3O4S/c1-24(2,3)20(29)17-18(16-6-5-11-25-21(16)31-4)27(23(30)19(17)28)15-9-7-14(8-10-15)22-26-12-13-32-22/h5-13,18,28H,1-4H3. The number of nitrogens with zero attached hydrogens (tertiary/aromatic N) is 3. The summed E-state index contributed by atoms with van der Waals surface area (Å²) >= 11 is 1.52. The van der Waals surface area contributed by atoms with Crippen molar-refractivity contribution in [1.82, 2.24) is 9.97 Å². The Morgan fingerprint density at radius 1 is 1.12 bits per heavy atom. The van der Waals surface area contributed by atoms with E-state index in [1.165, 1.54) is 23.3 Å². The highest BCUT2D eigenvalue weighted by Crippen LogP contribution is 2.45. The number of aliphatic hydroxyl groups is 1. The van der Waals surface area contributed by atoms with E-state index in [-0.39, 0.29) is 17.2 Å². The molecule has 0 radical (unpaired) electrons. The molecule has 0 fully saturated rings. The van der Waals surface area contributed by atoms with E-state index in [4.69, 9.17) is 4.74 Å². The second-order valence-corrected chi connectivity index (χ2v) is 9.30. The van der Waals surface area contributed by atoms with Crippen LogP contribution in [0, 0.1) is 5.41 Å². The number of anilines is 1. The molecule has 2 aromatic heterocycles. The highest BCUT2D eigenvalue weighted by Gasteiger charge is 2.47. The highest BCUT2D eigenvalue weighted by molar-refractivity contribution is 7.13. The van der Waals surface area contributed by atoms with E-state index in [9.17, 15) is 14.7 Å². The summed E-state index contributed by atoms with van der Waals surface area (Å²) in [6, 6.07) is 9.86. The number of aliphatic hydroxyl groups excluding tert-OH is 1. The molecule has 1 aliphatic heterocycles. The van der Waals surface area contributed by atoms with Crippen LogP contribution in [0.3, 0.4) is 0 Å². The van der Waals surface area contributed by atoms with Crippen LogP contribution in [0.5, 0.6) is 5.88 Å². The van der Waals surface area contributed by atoms with Crippen LogP contribution in [0.1, 0.15) is 32.4 Å². The third kappa shape index (κ3) is 3.67. The van der Waals surface area contributed by atoms with Crippen molar-refractivity contribution in [3.05, 3.63) is 71.1 Å². The Bertz CT molecular complexity index is 1190. The van der Waals surface area contributed by atoms with Gasteiger partial charge < -0.3 is 9.84 Å². The summed E-state index contributed by atoms with van der Waals surface area (Å²) in [5, 5.41) is 13.6. The van der Waals surface area contributed by atoms with Crippen molar-refractivity contribution in [2.75, 3.05) is 12.0 Å². The third-order valence-electron chi connectivity index (χ3n) is 5.25. The number of hydrogen-bond donors (Lipinski definition) is 1. The lowest BCUT2D eigenvalue weighted by atomic mass is 9.82. The van der Waals surface area contributed by atoms with Crippen LogP contribution < -0.4 is 9.64 Å². The maximum Gasteiger partial charge on any atom is 0.294 e. The molecule has 0 aliphatic carbocycles. The maximum absolute atomic E-state index is 13.3. The molecule has 164 valence electrons. The average Bonchev–Trinajstić information content (AvgIpc) is 3.40. The SMILES string of the molecule is COc1ncccc1C1C(C(=O)C(C)(C)C)=C(O)C(=O)N1c1ccc(-c2nccs2)cc1. The number of methoxy groups -OCH3 is 1. The van der Waals surface area contributed by atoms with Crippen molar-refractivity contribution in [3.8, 4) is 16.5 Å². The fourth-order valence-corrected chi connectivity index (χ4v) is 4.36. The Morgan fingerprint density at radius 2 is 1.84 bits per heavy atom. The maximum atomic E-state index is 13.3. The average molecular weight is 450 g/mol. The minimum atomic E-state index is -0.872. The second kappa shape index (κ2) is 8.20. The second-order valence-electron chi connectivity index (χ2n) is 8.41. The van der Waals surface area contributed by atoms with Gasteiger partial charge >= 0.3 is 0 Å². The molecule has 3 aromatic rings. The Kier molecular flexibility index (Phi) is 5.56. The summed E-state index contributed by atoms with van der Waals surface area (Å²) in [5.41, 5.74) is 1.20. The highest BCUT2D eigenvalue weighted by atomic mass is 32.1. The Labute approximate surface area is 190 Å². The molecular formula is C24H23N3O4S. The van der Waals surface area contributed by atoms with Gasteiger partial charge in [0.25, 0.3) is 5.91 Å². The van der Waals surface area contributed by atoms with Crippen LogP contribution in [0.25, 0.3) is 10.6 Å². The minimum absolute atomic E-state index is 0.0396. The van der Waals surface area contributed by atoms with Gasteiger partial charge in [-0.2, -0.15) is 0 Å². The Balaban J connectivity index is 1.86. The van der Waals surface area contributed by atoms with Crippen molar-refractivity contribution in [1.29, 1.82) is 0 Å². The zero-order chi connectivity index (χ0) is 23.0. The lowest BCUT2D eigenvalue weighted by Crippen LogP contribution is -2.33. The summed E-state index contributed by atoms with van der Waals surface area (Å²) in [7, 11) is 1.48. The van der Waals surface area contributed by atoms with E-state index in [2.05, 4.69) is 9.97 Å². The molecular weight excluding hydrogens is 426 g/mol.